The van der Waals surface area contributed by atoms with Gasteiger partial charge in [0.05, 0.1) is 25.2 Å². The predicted molar refractivity (Wildman–Crippen MR) is 197 cm³/mol. The highest BCUT2D eigenvalue weighted by Crippen LogP contribution is 2.45. The van der Waals surface area contributed by atoms with Gasteiger partial charge in [0.25, 0.3) is 0 Å². The Balaban J connectivity index is 3.70. The number of hydrogen-bond acceptors (Lipinski definition) is 8. The van der Waals surface area contributed by atoms with Gasteiger partial charge in [-0.15, -0.1) is 0 Å². The summed E-state index contributed by atoms with van der Waals surface area (Å²) in [5, 5.41) is 9.53. The lowest BCUT2D eigenvalue weighted by Crippen LogP contribution is -2.55. The van der Waals surface area contributed by atoms with Crippen LogP contribution in [0, 0.1) is 5.92 Å². The first kappa shape index (κ1) is 41.5. The molecule has 45 heavy (non-hydrogen) atoms. The van der Waals surface area contributed by atoms with Gasteiger partial charge < -0.3 is 32.0 Å². The standard InChI is InChI=1S/C32H68BO8SSi3/c1-18-22(2)24(19-23(39-42-33)20-26(34)35)37-29-28(41-45(16,17)32(9,10)11)27(40-44(14,15)31(6,7)8)25(38-29)21-36-43(12,13)30(3,4)5/h22-25,27-29,33H,18-21H2,1-17H3,(H,34,35)/t22-,23-,24-,25-,27?,28?,29+/m0/s1/i33T. The molecule has 1 aliphatic heterocycles. The first-order valence-corrected chi connectivity index (χ1v) is 26.2. The SMILES string of the molecule is [3H][B]SO[C@H](CC(=O)O)C[C@H](O[C@@H]1O[C@@H](CO[Si](C)(C)C(C)(C)C)C(O[Si](C)(C)C(C)(C)C)C1O[Si](C)(C)C(C)(C)C)[C@@H](C)CC. The summed E-state index contributed by atoms with van der Waals surface area (Å²) in [5.41, 5.74) is 0. The zero-order valence-electron chi connectivity index (χ0n) is 32.7. The molecule has 0 aromatic rings. The van der Waals surface area contributed by atoms with Crippen molar-refractivity contribution in [3.63, 3.8) is 0 Å². The Morgan fingerprint density at radius 1 is 0.911 bits per heavy atom. The van der Waals surface area contributed by atoms with Gasteiger partial charge in [0.1, 0.15) is 18.3 Å². The van der Waals surface area contributed by atoms with Gasteiger partial charge in [-0.25, -0.2) is 0 Å². The average Bonchev–Trinajstić information content (AvgIpc) is 3.17. The minimum Gasteiger partial charge on any atom is -0.481 e. The third kappa shape index (κ3) is 12.3. The Bertz CT molecular complexity index is 955. The van der Waals surface area contributed by atoms with Crippen molar-refractivity contribution in [3.05, 3.63) is 0 Å². The summed E-state index contributed by atoms with van der Waals surface area (Å²) < 4.78 is 48.1. The topological polar surface area (TPSA) is 92.7 Å². The summed E-state index contributed by atoms with van der Waals surface area (Å²) >= 11 is 0.838. The van der Waals surface area contributed by atoms with Crippen LogP contribution < -0.4 is 0 Å². The summed E-state index contributed by atoms with van der Waals surface area (Å²) in [4.78, 5) is 11.7. The number of carbonyl (C=O) groups is 1. The molecule has 7 atom stereocenters. The van der Waals surface area contributed by atoms with E-state index >= 15 is 0 Å². The van der Waals surface area contributed by atoms with Crippen LogP contribution in [-0.2, 0) is 31.7 Å². The quantitative estimate of drug-likeness (QED) is 0.111. The number of carboxylic acid groups (broad SMARTS) is 1. The molecule has 0 aromatic heterocycles. The Morgan fingerprint density at radius 3 is 1.82 bits per heavy atom. The van der Waals surface area contributed by atoms with E-state index in [-0.39, 0.29) is 33.6 Å². The summed E-state index contributed by atoms with van der Waals surface area (Å²) in [6.07, 6.45) is -2.07. The molecule has 0 aliphatic carbocycles. The molecular formula is C32H68BO8SSi3. The molecule has 265 valence electrons. The van der Waals surface area contributed by atoms with E-state index in [2.05, 4.69) is 115 Å². The van der Waals surface area contributed by atoms with Crippen molar-refractivity contribution in [2.75, 3.05) is 6.61 Å². The van der Waals surface area contributed by atoms with Crippen LogP contribution in [0.15, 0.2) is 0 Å². The van der Waals surface area contributed by atoms with Crippen molar-refractivity contribution in [2.24, 2.45) is 5.92 Å². The Morgan fingerprint density at radius 2 is 1.40 bits per heavy atom. The van der Waals surface area contributed by atoms with Crippen LogP contribution in [0.5, 0.6) is 0 Å². The smallest absolute Gasteiger partial charge is 0.306 e. The maximum atomic E-state index is 11.7. The van der Waals surface area contributed by atoms with E-state index < -0.39 is 61.6 Å². The zero-order valence-corrected chi connectivity index (χ0v) is 35.5. The number of hydrogen-bond donors (Lipinski definition) is 1. The highest BCUT2D eigenvalue weighted by Gasteiger charge is 2.55. The monoisotopic (exact) mass is 709 g/mol. The molecule has 8 nitrogen and oxygen atoms in total. The lowest BCUT2D eigenvalue weighted by Gasteiger charge is -2.44. The fourth-order valence-corrected chi connectivity index (χ4v) is 8.21. The number of aliphatic carboxylic acids is 1. The minimum absolute atomic E-state index is 0.0314. The predicted octanol–water partition coefficient (Wildman–Crippen LogP) is 8.66. The maximum absolute atomic E-state index is 11.7. The molecule has 1 N–H and O–H groups in total. The second-order valence-corrected chi connectivity index (χ2v) is 32.2. The zero-order chi connectivity index (χ0) is 36.1. The molecule has 1 fully saturated rings. The van der Waals surface area contributed by atoms with Gasteiger partial charge in [0.15, 0.2) is 31.2 Å². The second kappa shape index (κ2) is 16.3. The Kier molecular flexibility index (Phi) is 15.1. The van der Waals surface area contributed by atoms with Crippen LogP contribution >= 0.6 is 11.9 Å². The first-order chi connectivity index (χ1) is 20.6. The molecule has 1 radical (unpaired) electrons. The van der Waals surface area contributed by atoms with Gasteiger partial charge in [-0.05, 0) is 61.7 Å². The van der Waals surface area contributed by atoms with E-state index in [1.807, 2.05) is 0 Å². The van der Waals surface area contributed by atoms with Gasteiger partial charge in [-0.2, -0.15) is 0 Å². The number of rotatable bonds is 18. The van der Waals surface area contributed by atoms with E-state index in [0.29, 0.717) is 13.0 Å². The van der Waals surface area contributed by atoms with E-state index in [1.165, 1.54) is 0 Å². The van der Waals surface area contributed by atoms with Crippen LogP contribution in [0.3, 0.4) is 0 Å². The lowest BCUT2D eigenvalue weighted by atomic mass is 9.95. The summed E-state index contributed by atoms with van der Waals surface area (Å²) in [6.45, 7) is 38.2. The van der Waals surface area contributed by atoms with Crippen LogP contribution in [0.2, 0.25) is 54.4 Å². The van der Waals surface area contributed by atoms with Crippen molar-refractivity contribution in [1.29, 1.82) is 1.34 Å². The van der Waals surface area contributed by atoms with Crippen LogP contribution in [-0.4, -0.2) is 87.9 Å². The molecule has 1 aliphatic rings. The Hall–Kier alpha value is 0.296. The molecule has 0 aromatic carbocycles. The maximum Gasteiger partial charge on any atom is 0.306 e. The molecule has 1 rings (SSSR count). The first-order valence-electron chi connectivity index (χ1n) is 17.2. The van der Waals surface area contributed by atoms with Gasteiger partial charge in [0, 0.05) is 6.42 Å². The number of carboxylic acids is 1. The average molecular weight is 710 g/mol. The van der Waals surface area contributed by atoms with Crippen molar-refractivity contribution in [1.82, 2.24) is 0 Å². The van der Waals surface area contributed by atoms with Crippen molar-refractivity contribution < 1.29 is 36.8 Å². The van der Waals surface area contributed by atoms with Crippen molar-refractivity contribution >= 4 is 49.9 Å². The summed E-state index contributed by atoms with van der Waals surface area (Å²) in [6, 6.07) is 0. The van der Waals surface area contributed by atoms with E-state index in [1.54, 1.807) is 0 Å². The van der Waals surface area contributed by atoms with Gasteiger partial charge >= 0.3 is 5.97 Å². The van der Waals surface area contributed by atoms with E-state index in [4.69, 9.17) is 28.3 Å². The molecule has 0 bridgehead atoms. The van der Waals surface area contributed by atoms with E-state index in [0.717, 1.165) is 25.4 Å². The molecule has 0 saturated carbocycles. The van der Waals surface area contributed by atoms with Gasteiger partial charge in [0.2, 0.25) is 7.09 Å². The Labute approximate surface area is 286 Å². The molecule has 1 heterocycles. The third-order valence-electron chi connectivity index (χ3n) is 10.8. The molecule has 0 spiro atoms. The normalized spacial score (nSPS) is 24.7. The highest BCUT2D eigenvalue weighted by molar-refractivity contribution is 8.15. The van der Waals surface area contributed by atoms with Crippen LogP contribution in [0.25, 0.3) is 0 Å². The fraction of sp³-hybridized carbons (Fsp3) is 0.969. The van der Waals surface area contributed by atoms with Gasteiger partial charge in [-0.3, -0.25) is 4.79 Å². The lowest BCUT2D eigenvalue weighted by molar-refractivity contribution is -0.204. The largest absolute Gasteiger partial charge is 0.481 e. The molecule has 0 amide bonds. The minimum atomic E-state index is -2.34. The molecular weight excluding hydrogens is 639 g/mol. The van der Waals surface area contributed by atoms with E-state index in [9.17, 15) is 9.90 Å². The molecule has 13 heteroatoms. The van der Waals surface area contributed by atoms with Gasteiger partial charge in [-0.1, -0.05) is 94.5 Å². The highest BCUT2D eigenvalue weighted by atomic mass is 32.2. The number of ether oxygens (including phenoxy) is 2. The second-order valence-electron chi connectivity index (χ2n) is 17.5. The van der Waals surface area contributed by atoms with Crippen molar-refractivity contribution in [3.8, 4) is 0 Å². The van der Waals surface area contributed by atoms with Crippen molar-refractivity contribution in [2.45, 2.75) is 187 Å². The van der Waals surface area contributed by atoms with Crippen LogP contribution in [0.4, 0.5) is 0 Å². The third-order valence-corrected chi connectivity index (χ3v) is 24.7. The fourth-order valence-electron chi connectivity index (χ4n) is 4.29. The van der Waals surface area contributed by atoms with Crippen LogP contribution in [0.1, 0.15) is 95.4 Å². The molecule has 2 unspecified atom stereocenters. The molecule has 1 saturated heterocycles. The summed E-state index contributed by atoms with van der Waals surface area (Å²) in [5.74, 6) is -0.871. The summed E-state index contributed by atoms with van der Waals surface area (Å²) in [7, 11) is -5.69.